The molecule has 104 valence electrons. The van der Waals surface area contributed by atoms with E-state index in [4.69, 9.17) is 4.74 Å². The van der Waals surface area contributed by atoms with Gasteiger partial charge in [-0.1, -0.05) is 12.1 Å². The van der Waals surface area contributed by atoms with Crippen molar-refractivity contribution in [3.05, 3.63) is 59.9 Å². The van der Waals surface area contributed by atoms with Crippen molar-refractivity contribution in [2.75, 3.05) is 7.05 Å². The van der Waals surface area contributed by atoms with Crippen molar-refractivity contribution in [3.8, 4) is 5.75 Å². The highest BCUT2D eigenvalue weighted by Crippen LogP contribution is 2.28. The van der Waals surface area contributed by atoms with Crippen LogP contribution >= 0.6 is 0 Å². The van der Waals surface area contributed by atoms with Crippen molar-refractivity contribution in [2.45, 2.75) is 31.4 Å². The monoisotopic (exact) mass is 268 g/mol. The number of ether oxygens (including phenoxy) is 1. The van der Waals surface area contributed by atoms with Crippen molar-refractivity contribution >= 4 is 0 Å². The Morgan fingerprint density at radius 3 is 2.45 bits per heavy atom. The maximum absolute atomic E-state index is 5.78. The van der Waals surface area contributed by atoms with Crippen LogP contribution in [0.5, 0.6) is 5.75 Å². The Morgan fingerprint density at radius 2 is 1.85 bits per heavy atom. The average molecular weight is 268 g/mol. The van der Waals surface area contributed by atoms with E-state index in [2.05, 4.69) is 46.7 Å². The Balaban J connectivity index is 1.68. The standard InChI is InChI=1S/C17H20N2O/c1-18-17(12-13-8-10-19-11-9-13)14-2-4-15(5-3-14)20-16-6-7-16/h2-5,8-11,16-18H,6-7,12H2,1H3. The van der Waals surface area contributed by atoms with Crippen LogP contribution in [0.4, 0.5) is 0 Å². The second kappa shape index (κ2) is 6.06. The smallest absolute Gasteiger partial charge is 0.119 e. The fourth-order valence-electron chi connectivity index (χ4n) is 2.30. The first-order chi connectivity index (χ1) is 9.85. The van der Waals surface area contributed by atoms with Crippen LogP contribution in [0, 0.1) is 0 Å². The number of hydrogen-bond donors (Lipinski definition) is 1. The van der Waals surface area contributed by atoms with Gasteiger partial charge in [0, 0.05) is 18.4 Å². The van der Waals surface area contributed by atoms with E-state index in [0.29, 0.717) is 12.1 Å². The number of hydrogen-bond acceptors (Lipinski definition) is 3. The summed E-state index contributed by atoms with van der Waals surface area (Å²) in [7, 11) is 2.00. The van der Waals surface area contributed by atoms with Gasteiger partial charge in [-0.3, -0.25) is 4.98 Å². The van der Waals surface area contributed by atoms with Crippen molar-refractivity contribution < 1.29 is 4.74 Å². The summed E-state index contributed by atoms with van der Waals surface area (Å²) in [5.74, 6) is 0.981. The highest BCUT2D eigenvalue weighted by atomic mass is 16.5. The second-order valence-electron chi connectivity index (χ2n) is 5.29. The molecule has 0 amide bonds. The third kappa shape index (κ3) is 3.36. The number of nitrogens with one attached hydrogen (secondary N) is 1. The molecule has 1 aliphatic rings. The van der Waals surface area contributed by atoms with E-state index < -0.39 is 0 Å². The summed E-state index contributed by atoms with van der Waals surface area (Å²) in [4.78, 5) is 4.06. The molecule has 1 saturated carbocycles. The lowest BCUT2D eigenvalue weighted by Crippen LogP contribution is -2.18. The molecule has 0 bridgehead atoms. The van der Waals surface area contributed by atoms with Crippen LogP contribution in [0.1, 0.15) is 30.0 Å². The van der Waals surface area contributed by atoms with Crippen LogP contribution in [-0.4, -0.2) is 18.1 Å². The summed E-state index contributed by atoms with van der Waals surface area (Å²) in [5, 5.41) is 3.38. The van der Waals surface area contributed by atoms with E-state index in [0.717, 1.165) is 12.2 Å². The number of likely N-dealkylation sites (N-methyl/N-ethyl adjacent to an activating group) is 1. The van der Waals surface area contributed by atoms with E-state index in [-0.39, 0.29) is 0 Å². The predicted molar refractivity (Wildman–Crippen MR) is 79.8 cm³/mol. The minimum atomic E-state index is 0.312. The first-order valence-corrected chi connectivity index (χ1v) is 7.18. The van der Waals surface area contributed by atoms with Crippen LogP contribution in [-0.2, 0) is 6.42 Å². The van der Waals surface area contributed by atoms with Gasteiger partial charge >= 0.3 is 0 Å². The Kier molecular flexibility index (Phi) is 3.97. The Morgan fingerprint density at radius 1 is 1.15 bits per heavy atom. The molecule has 3 heteroatoms. The van der Waals surface area contributed by atoms with Gasteiger partial charge in [0.2, 0.25) is 0 Å². The first kappa shape index (κ1) is 13.1. The number of benzene rings is 1. The molecule has 3 nitrogen and oxygen atoms in total. The molecular weight excluding hydrogens is 248 g/mol. The topological polar surface area (TPSA) is 34.2 Å². The normalized spacial score (nSPS) is 15.8. The van der Waals surface area contributed by atoms with E-state index >= 15 is 0 Å². The summed E-state index contributed by atoms with van der Waals surface area (Å²) in [6.45, 7) is 0. The first-order valence-electron chi connectivity index (χ1n) is 7.18. The predicted octanol–water partition coefficient (Wildman–Crippen LogP) is 3.13. The summed E-state index contributed by atoms with van der Waals surface area (Å²) in [6.07, 6.45) is 7.49. The van der Waals surface area contributed by atoms with E-state index in [1.807, 2.05) is 19.4 Å². The summed E-state index contributed by atoms with van der Waals surface area (Å²) >= 11 is 0. The second-order valence-corrected chi connectivity index (χ2v) is 5.29. The number of pyridine rings is 1. The van der Waals surface area contributed by atoms with Gasteiger partial charge in [-0.05, 0) is 61.7 Å². The molecule has 2 aromatic rings. The molecule has 1 heterocycles. The fraction of sp³-hybridized carbons (Fsp3) is 0.353. The van der Waals surface area contributed by atoms with Gasteiger partial charge in [0.05, 0.1) is 6.10 Å². The highest BCUT2D eigenvalue weighted by Gasteiger charge is 2.23. The van der Waals surface area contributed by atoms with Gasteiger partial charge in [-0.25, -0.2) is 0 Å². The van der Waals surface area contributed by atoms with Crippen molar-refractivity contribution in [1.29, 1.82) is 0 Å². The van der Waals surface area contributed by atoms with Gasteiger partial charge < -0.3 is 10.1 Å². The summed E-state index contributed by atoms with van der Waals surface area (Å²) < 4.78 is 5.78. The average Bonchev–Trinajstić information content (AvgIpc) is 3.31. The Hall–Kier alpha value is -1.87. The lowest BCUT2D eigenvalue weighted by atomic mass is 9.99. The van der Waals surface area contributed by atoms with Crippen molar-refractivity contribution in [2.24, 2.45) is 0 Å². The molecule has 20 heavy (non-hydrogen) atoms. The molecule has 0 saturated heterocycles. The van der Waals surface area contributed by atoms with Crippen LogP contribution in [0.15, 0.2) is 48.8 Å². The van der Waals surface area contributed by atoms with E-state index in [9.17, 15) is 0 Å². The molecule has 1 atom stereocenters. The van der Waals surface area contributed by atoms with Gasteiger partial charge in [0.25, 0.3) is 0 Å². The maximum Gasteiger partial charge on any atom is 0.119 e. The van der Waals surface area contributed by atoms with Gasteiger partial charge in [-0.15, -0.1) is 0 Å². The summed E-state index contributed by atoms with van der Waals surface area (Å²) in [6, 6.07) is 12.9. The molecule has 0 radical (unpaired) electrons. The Bertz CT molecular complexity index is 535. The van der Waals surface area contributed by atoms with Gasteiger partial charge in [0.15, 0.2) is 0 Å². The molecule has 3 rings (SSSR count). The molecular formula is C17H20N2O. The van der Waals surface area contributed by atoms with Crippen LogP contribution in [0.3, 0.4) is 0 Å². The number of rotatable bonds is 6. The number of aromatic nitrogens is 1. The zero-order chi connectivity index (χ0) is 13.8. The molecule has 1 N–H and O–H groups in total. The third-order valence-electron chi connectivity index (χ3n) is 3.65. The lowest BCUT2D eigenvalue weighted by molar-refractivity contribution is 0.303. The molecule has 1 aromatic heterocycles. The van der Waals surface area contributed by atoms with E-state index in [1.165, 1.54) is 24.0 Å². The fourth-order valence-corrected chi connectivity index (χ4v) is 2.30. The third-order valence-corrected chi connectivity index (χ3v) is 3.65. The lowest BCUT2D eigenvalue weighted by Gasteiger charge is -2.17. The van der Waals surface area contributed by atoms with E-state index in [1.54, 1.807) is 0 Å². The minimum absolute atomic E-state index is 0.312. The largest absolute Gasteiger partial charge is 0.490 e. The van der Waals surface area contributed by atoms with Crippen LogP contribution in [0.2, 0.25) is 0 Å². The maximum atomic E-state index is 5.78. The van der Waals surface area contributed by atoms with Gasteiger partial charge in [-0.2, -0.15) is 0 Å². The molecule has 1 unspecified atom stereocenters. The van der Waals surface area contributed by atoms with Crippen LogP contribution < -0.4 is 10.1 Å². The quantitative estimate of drug-likeness (QED) is 0.874. The molecule has 0 spiro atoms. The summed E-state index contributed by atoms with van der Waals surface area (Å²) in [5.41, 5.74) is 2.57. The molecule has 0 aliphatic heterocycles. The molecule has 1 aliphatic carbocycles. The molecule has 1 fully saturated rings. The zero-order valence-corrected chi connectivity index (χ0v) is 11.8. The van der Waals surface area contributed by atoms with Crippen LogP contribution in [0.25, 0.3) is 0 Å². The number of nitrogens with zero attached hydrogens (tertiary/aromatic N) is 1. The van der Waals surface area contributed by atoms with Crippen molar-refractivity contribution in [3.63, 3.8) is 0 Å². The highest BCUT2D eigenvalue weighted by molar-refractivity contribution is 5.30. The Labute approximate surface area is 120 Å². The van der Waals surface area contributed by atoms with Crippen molar-refractivity contribution in [1.82, 2.24) is 10.3 Å². The minimum Gasteiger partial charge on any atom is -0.490 e. The zero-order valence-electron chi connectivity index (χ0n) is 11.8. The van der Waals surface area contributed by atoms with Gasteiger partial charge in [0.1, 0.15) is 5.75 Å². The molecule has 1 aromatic carbocycles. The SMILES string of the molecule is CNC(Cc1ccncc1)c1ccc(OC2CC2)cc1.